The van der Waals surface area contributed by atoms with E-state index in [1.54, 1.807) is 23.2 Å². The molecule has 1 aliphatic heterocycles. The molecule has 0 spiro atoms. The van der Waals surface area contributed by atoms with Gasteiger partial charge in [-0.2, -0.15) is 4.31 Å². The first-order valence-corrected chi connectivity index (χ1v) is 13.8. The summed E-state index contributed by atoms with van der Waals surface area (Å²) >= 11 is 1.48. The molecule has 7 nitrogen and oxygen atoms in total. The van der Waals surface area contributed by atoms with Crippen LogP contribution in [-0.2, 0) is 16.6 Å². The largest absolute Gasteiger partial charge is 0.278 e. The van der Waals surface area contributed by atoms with E-state index >= 15 is 0 Å². The van der Waals surface area contributed by atoms with Crippen LogP contribution in [0.5, 0.6) is 0 Å². The molecule has 5 rings (SSSR count). The van der Waals surface area contributed by atoms with Gasteiger partial charge in [-0.3, -0.25) is 14.7 Å². The second-order valence-electron chi connectivity index (χ2n) is 8.72. The molecule has 0 atom stereocenters. The minimum Gasteiger partial charge on any atom is -0.278 e. The van der Waals surface area contributed by atoms with Crippen LogP contribution in [-0.4, -0.2) is 41.7 Å². The van der Waals surface area contributed by atoms with Gasteiger partial charge >= 0.3 is 0 Å². The van der Waals surface area contributed by atoms with E-state index in [4.69, 9.17) is 4.98 Å². The van der Waals surface area contributed by atoms with E-state index in [0.717, 1.165) is 39.9 Å². The summed E-state index contributed by atoms with van der Waals surface area (Å²) in [6.07, 6.45) is 3.45. The SMILES string of the molecule is Cc1ccc(C)c2sc(N(Cc3ccccn3)C(=O)c3ccc(S(=O)(=O)N4CCCC4)cc3)nc12. The van der Waals surface area contributed by atoms with E-state index in [1.165, 1.54) is 27.8 Å². The van der Waals surface area contributed by atoms with Crippen molar-refractivity contribution >= 4 is 42.6 Å². The van der Waals surface area contributed by atoms with Crippen molar-refractivity contribution in [2.75, 3.05) is 18.0 Å². The Bertz CT molecular complexity index is 1440. The van der Waals surface area contributed by atoms with Gasteiger partial charge in [0.2, 0.25) is 10.0 Å². The van der Waals surface area contributed by atoms with Gasteiger partial charge in [-0.1, -0.05) is 29.5 Å². The van der Waals surface area contributed by atoms with Crippen molar-refractivity contribution in [1.29, 1.82) is 0 Å². The Morgan fingerprint density at radius 3 is 2.37 bits per heavy atom. The highest BCUT2D eigenvalue weighted by Crippen LogP contribution is 2.34. The number of carbonyl (C=O) groups is 1. The molecule has 1 fully saturated rings. The van der Waals surface area contributed by atoms with Crippen molar-refractivity contribution in [3.8, 4) is 0 Å². The number of rotatable bonds is 6. The van der Waals surface area contributed by atoms with Crippen LogP contribution in [0.25, 0.3) is 10.2 Å². The Kier molecular flexibility index (Phi) is 6.39. The number of thiazole rings is 1. The van der Waals surface area contributed by atoms with E-state index in [1.807, 2.05) is 38.1 Å². The highest BCUT2D eigenvalue weighted by molar-refractivity contribution is 7.89. The molecule has 180 valence electrons. The summed E-state index contributed by atoms with van der Waals surface area (Å²) in [5.41, 5.74) is 4.18. The van der Waals surface area contributed by atoms with Crippen LogP contribution in [0.15, 0.2) is 65.7 Å². The number of nitrogens with zero attached hydrogens (tertiary/aromatic N) is 4. The van der Waals surface area contributed by atoms with Crippen molar-refractivity contribution < 1.29 is 13.2 Å². The number of anilines is 1. The molecule has 1 aliphatic rings. The third-order valence-corrected chi connectivity index (χ3v) is 9.38. The average molecular weight is 507 g/mol. The van der Waals surface area contributed by atoms with Crippen molar-refractivity contribution in [2.45, 2.75) is 38.1 Å². The lowest BCUT2D eigenvalue weighted by molar-refractivity contribution is 0.0984. The number of pyridine rings is 1. The Labute approximate surface area is 209 Å². The molecule has 2 aromatic heterocycles. The fourth-order valence-corrected chi connectivity index (χ4v) is 6.87. The third kappa shape index (κ3) is 4.59. The van der Waals surface area contributed by atoms with Gasteiger partial charge in [0.05, 0.1) is 27.4 Å². The first kappa shape index (κ1) is 23.6. The van der Waals surface area contributed by atoms with Crippen LogP contribution in [0.4, 0.5) is 5.13 Å². The zero-order valence-corrected chi connectivity index (χ0v) is 21.3. The molecule has 2 aromatic carbocycles. The maximum absolute atomic E-state index is 13.7. The number of fused-ring (bicyclic) bond motifs is 1. The second kappa shape index (κ2) is 9.49. The van der Waals surface area contributed by atoms with Gasteiger partial charge in [-0.25, -0.2) is 13.4 Å². The predicted octanol–water partition coefficient (Wildman–Crippen LogP) is 4.94. The minimum absolute atomic E-state index is 0.207. The van der Waals surface area contributed by atoms with Crippen molar-refractivity contribution in [2.24, 2.45) is 0 Å². The van der Waals surface area contributed by atoms with Gasteiger partial charge in [-0.05, 0) is 74.2 Å². The number of amides is 1. The van der Waals surface area contributed by atoms with E-state index in [-0.39, 0.29) is 17.3 Å². The molecule has 0 aliphatic carbocycles. The number of carbonyl (C=O) groups excluding carboxylic acids is 1. The van der Waals surface area contributed by atoms with E-state index in [0.29, 0.717) is 23.8 Å². The zero-order chi connectivity index (χ0) is 24.6. The molecule has 0 N–H and O–H groups in total. The molecule has 4 aromatic rings. The smallest absolute Gasteiger partial charge is 0.260 e. The lowest BCUT2D eigenvalue weighted by Crippen LogP contribution is -2.31. The van der Waals surface area contributed by atoms with Gasteiger partial charge in [-0.15, -0.1) is 0 Å². The van der Waals surface area contributed by atoms with Gasteiger partial charge in [0.25, 0.3) is 5.91 Å². The third-order valence-electron chi connectivity index (χ3n) is 6.26. The number of sulfonamides is 1. The molecule has 1 amide bonds. The fraction of sp³-hybridized carbons (Fsp3) is 0.269. The molecule has 0 bridgehead atoms. The summed E-state index contributed by atoms with van der Waals surface area (Å²) in [5, 5.41) is 0.585. The number of hydrogen-bond donors (Lipinski definition) is 0. The molecule has 3 heterocycles. The Morgan fingerprint density at radius 1 is 1.00 bits per heavy atom. The van der Waals surface area contributed by atoms with Gasteiger partial charge in [0.15, 0.2) is 5.13 Å². The fourth-order valence-electron chi connectivity index (χ4n) is 4.25. The standard InChI is InChI=1S/C26H26N4O3S2/c1-18-8-9-19(2)24-23(18)28-26(34-24)30(17-21-7-3-4-14-27-21)25(31)20-10-12-22(13-11-20)35(32,33)29-15-5-6-16-29/h3-4,7-14H,5-6,15-17H2,1-2H3. The quantitative estimate of drug-likeness (QED) is 0.370. The van der Waals surface area contributed by atoms with Gasteiger partial charge < -0.3 is 0 Å². The molecule has 0 radical (unpaired) electrons. The van der Waals surface area contributed by atoms with Gasteiger partial charge in [0.1, 0.15) is 0 Å². The van der Waals surface area contributed by atoms with E-state index in [2.05, 4.69) is 11.1 Å². The number of benzene rings is 2. The first-order chi connectivity index (χ1) is 16.8. The maximum atomic E-state index is 13.7. The van der Waals surface area contributed by atoms with Crippen molar-refractivity contribution in [3.63, 3.8) is 0 Å². The monoisotopic (exact) mass is 506 g/mol. The van der Waals surface area contributed by atoms with E-state index < -0.39 is 10.0 Å². The molecular formula is C26H26N4O3S2. The first-order valence-electron chi connectivity index (χ1n) is 11.5. The summed E-state index contributed by atoms with van der Waals surface area (Å²) in [4.78, 5) is 24.8. The Morgan fingerprint density at radius 2 is 1.71 bits per heavy atom. The molecule has 0 unspecified atom stereocenters. The van der Waals surface area contributed by atoms with Crippen molar-refractivity contribution in [3.05, 3.63) is 83.2 Å². The number of hydrogen-bond acceptors (Lipinski definition) is 6. The predicted molar refractivity (Wildman–Crippen MR) is 138 cm³/mol. The molecule has 1 saturated heterocycles. The van der Waals surface area contributed by atoms with Crippen molar-refractivity contribution in [1.82, 2.24) is 14.3 Å². The molecular weight excluding hydrogens is 480 g/mol. The second-order valence-corrected chi connectivity index (χ2v) is 11.6. The Hall–Kier alpha value is -3.14. The summed E-state index contributed by atoms with van der Waals surface area (Å²) < 4.78 is 28.3. The maximum Gasteiger partial charge on any atom is 0.260 e. The average Bonchev–Trinajstić information content (AvgIpc) is 3.57. The van der Waals surface area contributed by atoms with E-state index in [9.17, 15) is 13.2 Å². The minimum atomic E-state index is -3.54. The number of aromatic nitrogens is 2. The highest BCUT2D eigenvalue weighted by Gasteiger charge is 2.28. The number of aryl methyl sites for hydroxylation is 2. The topological polar surface area (TPSA) is 83.5 Å². The van der Waals surface area contributed by atoms with Crippen LogP contribution in [0.2, 0.25) is 0 Å². The van der Waals surface area contributed by atoms with Crippen LogP contribution in [0.3, 0.4) is 0 Å². The zero-order valence-electron chi connectivity index (χ0n) is 19.6. The molecule has 9 heteroatoms. The summed E-state index contributed by atoms with van der Waals surface area (Å²) in [6.45, 7) is 5.38. The van der Waals surface area contributed by atoms with Gasteiger partial charge in [0, 0.05) is 24.8 Å². The summed E-state index contributed by atoms with van der Waals surface area (Å²) in [7, 11) is -3.54. The normalized spacial score (nSPS) is 14.5. The highest BCUT2D eigenvalue weighted by atomic mass is 32.2. The summed E-state index contributed by atoms with van der Waals surface area (Å²) in [5.74, 6) is -0.255. The lowest BCUT2D eigenvalue weighted by atomic mass is 10.1. The van der Waals surface area contributed by atoms with Crippen LogP contribution >= 0.6 is 11.3 Å². The Balaban J connectivity index is 1.51. The molecule has 35 heavy (non-hydrogen) atoms. The molecule has 0 saturated carbocycles. The lowest BCUT2D eigenvalue weighted by Gasteiger charge is -2.20. The van der Waals surface area contributed by atoms with Crippen LogP contribution < -0.4 is 4.90 Å². The van der Waals surface area contributed by atoms with Crippen LogP contribution in [0, 0.1) is 13.8 Å². The summed E-state index contributed by atoms with van der Waals surface area (Å²) in [6, 6.07) is 15.9. The van der Waals surface area contributed by atoms with Crippen LogP contribution in [0.1, 0.15) is 40.0 Å².